The van der Waals surface area contributed by atoms with Gasteiger partial charge in [0, 0.05) is 19.6 Å². The van der Waals surface area contributed by atoms with Crippen LogP contribution in [0.1, 0.15) is 5.56 Å². The zero-order valence-corrected chi connectivity index (χ0v) is 17.4. The lowest BCUT2D eigenvalue weighted by molar-refractivity contribution is 0.0146. The van der Waals surface area contributed by atoms with Gasteiger partial charge < -0.3 is 9.47 Å². The summed E-state index contributed by atoms with van der Waals surface area (Å²) >= 11 is 0. The molecule has 4 aromatic carbocycles. The van der Waals surface area contributed by atoms with E-state index >= 15 is 0 Å². The molecule has 0 atom stereocenters. The quantitative estimate of drug-likeness (QED) is 0.353. The van der Waals surface area contributed by atoms with Crippen LogP contribution in [0.25, 0.3) is 11.1 Å². The summed E-state index contributed by atoms with van der Waals surface area (Å²) in [4.78, 5) is 2.40. The number of likely N-dealkylation sites (tertiary alicyclic amines) is 1. The van der Waals surface area contributed by atoms with Crippen LogP contribution in [0, 0.1) is 0 Å². The van der Waals surface area contributed by atoms with Gasteiger partial charge in [-0.25, -0.2) is 0 Å². The first-order chi connectivity index (χ1) is 15.3. The second-order valence-electron chi connectivity index (χ2n) is 7.89. The highest BCUT2D eigenvalue weighted by molar-refractivity contribution is 5.64. The topological polar surface area (TPSA) is 21.7 Å². The molecule has 154 valence electrons. The van der Waals surface area contributed by atoms with Crippen LogP contribution in [0.4, 0.5) is 0 Å². The van der Waals surface area contributed by atoms with Gasteiger partial charge >= 0.3 is 0 Å². The Balaban J connectivity index is 1.12. The van der Waals surface area contributed by atoms with Crippen molar-refractivity contribution in [3.63, 3.8) is 0 Å². The molecule has 0 spiro atoms. The minimum Gasteiger partial charge on any atom is -0.488 e. The smallest absolute Gasteiger partial charge is 0.127 e. The van der Waals surface area contributed by atoms with Crippen LogP contribution in [0.2, 0.25) is 0 Å². The van der Waals surface area contributed by atoms with Gasteiger partial charge in [0.2, 0.25) is 0 Å². The van der Waals surface area contributed by atoms with E-state index in [9.17, 15) is 0 Å². The Kier molecular flexibility index (Phi) is 5.68. The van der Waals surface area contributed by atoms with Crippen molar-refractivity contribution in [2.24, 2.45) is 0 Å². The summed E-state index contributed by atoms with van der Waals surface area (Å²) in [6.45, 7) is 2.81. The molecule has 1 aliphatic rings. The molecule has 1 fully saturated rings. The van der Waals surface area contributed by atoms with E-state index in [1.54, 1.807) is 0 Å². The number of rotatable bonds is 7. The summed E-state index contributed by atoms with van der Waals surface area (Å²) in [5, 5.41) is 0. The molecule has 4 aromatic rings. The molecule has 31 heavy (non-hydrogen) atoms. The lowest BCUT2D eigenvalue weighted by Gasteiger charge is -2.39. The fraction of sp³-hybridized carbons (Fsp3) is 0.143. The Hall–Kier alpha value is -3.56. The van der Waals surface area contributed by atoms with E-state index in [4.69, 9.17) is 9.47 Å². The number of benzene rings is 4. The third kappa shape index (κ3) is 4.96. The minimum atomic E-state index is 0.242. The molecule has 0 unspecified atom stereocenters. The van der Waals surface area contributed by atoms with Crippen LogP contribution in [0.15, 0.2) is 109 Å². The summed E-state index contributed by atoms with van der Waals surface area (Å²) in [6, 6.07) is 37.0. The van der Waals surface area contributed by atoms with E-state index < -0.39 is 0 Å². The molecule has 0 aliphatic carbocycles. The molecule has 1 aliphatic heterocycles. The first-order valence-corrected chi connectivity index (χ1v) is 10.7. The molecule has 0 aromatic heterocycles. The highest BCUT2D eigenvalue weighted by atomic mass is 16.5. The molecule has 0 amide bonds. The van der Waals surface area contributed by atoms with E-state index in [0.717, 1.165) is 36.9 Å². The maximum atomic E-state index is 6.20. The van der Waals surface area contributed by atoms with Crippen LogP contribution in [0.5, 0.6) is 17.2 Å². The lowest BCUT2D eigenvalue weighted by atomic mass is 10.1. The summed E-state index contributed by atoms with van der Waals surface area (Å²) in [6.07, 6.45) is 0.242. The Labute approximate surface area is 183 Å². The summed E-state index contributed by atoms with van der Waals surface area (Å²) in [5.41, 5.74) is 3.68. The van der Waals surface area contributed by atoms with E-state index in [1.165, 1.54) is 16.7 Å². The van der Waals surface area contributed by atoms with Crippen molar-refractivity contribution < 1.29 is 9.47 Å². The van der Waals surface area contributed by atoms with Gasteiger partial charge in [0.15, 0.2) is 0 Å². The van der Waals surface area contributed by atoms with Crippen molar-refractivity contribution in [2.75, 3.05) is 13.1 Å². The van der Waals surface area contributed by atoms with Crippen LogP contribution in [-0.2, 0) is 6.54 Å². The molecule has 1 saturated heterocycles. The molecule has 0 radical (unpaired) electrons. The Morgan fingerprint density at radius 1 is 0.613 bits per heavy atom. The van der Waals surface area contributed by atoms with E-state index in [2.05, 4.69) is 59.5 Å². The van der Waals surface area contributed by atoms with Crippen molar-refractivity contribution in [2.45, 2.75) is 12.6 Å². The van der Waals surface area contributed by atoms with Gasteiger partial charge in [-0.3, -0.25) is 4.90 Å². The first-order valence-electron chi connectivity index (χ1n) is 10.7. The van der Waals surface area contributed by atoms with Crippen molar-refractivity contribution in [3.05, 3.63) is 115 Å². The number of nitrogens with zero attached hydrogens (tertiary/aromatic N) is 1. The van der Waals surface area contributed by atoms with Gasteiger partial charge in [-0.2, -0.15) is 0 Å². The number of ether oxygens (including phenoxy) is 2. The highest BCUT2D eigenvalue weighted by Crippen LogP contribution is 2.27. The van der Waals surface area contributed by atoms with Crippen LogP contribution < -0.4 is 9.47 Å². The van der Waals surface area contributed by atoms with Gasteiger partial charge in [-0.05, 0) is 53.1 Å². The molecule has 3 nitrogen and oxygen atoms in total. The molecule has 1 heterocycles. The SMILES string of the molecule is c1ccc(Oc2ccc(CN3CC(Oc4cccc(-c5ccccc5)c4)C3)cc2)cc1. The second-order valence-corrected chi connectivity index (χ2v) is 7.89. The highest BCUT2D eigenvalue weighted by Gasteiger charge is 2.28. The summed E-state index contributed by atoms with van der Waals surface area (Å²) in [5.74, 6) is 2.65. The predicted octanol–water partition coefficient (Wildman–Crippen LogP) is 6.41. The monoisotopic (exact) mass is 407 g/mol. The molecule has 0 N–H and O–H groups in total. The molecule has 0 bridgehead atoms. The Morgan fingerprint density at radius 3 is 1.97 bits per heavy atom. The van der Waals surface area contributed by atoms with Crippen LogP contribution >= 0.6 is 0 Å². The van der Waals surface area contributed by atoms with Crippen LogP contribution in [0.3, 0.4) is 0 Å². The number of hydrogen-bond acceptors (Lipinski definition) is 3. The fourth-order valence-electron chi connectivity index (χ4n) is 3.84. The van der Waals surface area contributed by atoms with E-state index in [0.29, 0.717) is 0 Å². The van der Waals surface area contributed by atoms with E-state index in [1.807, 2.05) is 54.6 Å². The van der Waals surface area contributed by atoms with Crippen molar-refractivity contribution >= 4 is 0 Å². The summed E-state index contributed by atoms with van der Waals surface area (Å²) in [7, 11) is 0. The minimum absolute atomic E-state index is 0.242. The molecule has 3 heteroatoms. The Bertz CT molecular complexity index is 1100. The zero-order chi connectivity index (χ0) is 20.9. The molecular weight excluding hydrogens is 382 g/mol. The summed E-state index contributed by atoms with van der Waals surface area (Å²) < 4.78 is 12.1. The maximum absolute atomic E-state index is 6.20. The predicted molar refractivity (Wildman–Crippen MR) is 125 cm³/mol. The van der Waals surface area contributed by atoms with Crippen molar-refractivity contribution in [3.8, 4) is 28.4 Å². The number of para-hydroxylation sites is 1. The van der Waals surface area contributed by atoms with Crippen LogP contribution in [-0.4, -0.2) is 24.1 Å². The normalized spacial score (nSPS) is 14.1. The van der Waals surface area contributed by atoms with Gasteiger partial charge in [-0.1, -0.05) is 72.8 Å². The van der Waals surface area contributed by atoms with Gasteiger partial charge in [0.25, 0.3) is 0 Å². The largest absolute Gasteiger partial charge is 0.488 e. The van der Waals surface area contributed by atoms with Gasteiger partial charge in [0.1, 0.15) is 23.4 Å². The van der Waals surface area contributed by atoms with Gasteiger partial charge in [0.05, 0.1) is 0 Å². The Morgan fingerprint density at radius 2 is 1.23 bits per heavy atom. The molecule has 0 saturated carbocycles. The maximum Gasteiger partial charge on any atom is 0.127 e. The number of hydrogen-bond donors (Lipinski definition) is 0. The molecular formula is C28H25NO2. The van der Waals surface area contributed by atoms with Crippen molar-refractivity contribution in [1.82, 2.24) is 4.90 Å². The standard InChI is InChI=1S/C28H25NO2/c1-3-8-23(9-4-1)24-10-7-13-27(18-24)31-28-20-29(21-28)19-22-14-16-26(17-15-22)30-25-11-5-2-6-12-25/h1-18,28H,19-21H2. The van der Waals surface area contributed by atoms with E-state index in [-0.39, 0.29) is 6.10 Å². The first kappa shape index (κ1) is 19.4. The third-order valence-electron chi connectivity index (χ3n) is 5.48. The second kappa shape index (κ2) is 9.07. The zero-order valence-electron chi connectivity index (χ0n) is 17.4. The molecule has 5 rings (SSSR count). The lowest BCUT2D eigenvalue weighted by Crippen LogP contribution is -2.53. The fourth-order valence-corrected chi connectivity index (χ4v) is 3.84. The van der Waals surface area contributed by atoms with Crippen molar-refractivity contribution in [1.29, 1.82) is 0 Å². The average Bonchev–Trinajstić information content (AvgIpc) is 2.80. The third-order valence-corrected chi connectivity index (χ3v) is 5.48. The van der Waals surface area contributed by atoms with Gasteiger partial charge in [-0.15, -0.1) is 0 Å². The average molecular weight is 408 g/mol.